The van der Waals surface area contributed by atoms with Gasteiger partial charge < -0.3 is 10.2 Å². The zero-order valence-corrected chi connectivity index (χ0v) is 15.8. The molecule has 0 saturated heterocycles. The summed E-state index contributed by atoms with van der Waals surface area (Å²) in [5.41, 5.74) is 1.39. The third kappa shape index (κ3) is 5.92. The van der Waals surface area contributed by atoms with E-state index in [1.165, 1.54) is 11.8 Å². The van der Waals surface area contributed by atoms with Gasteiger partial charge in [0.1, 0.15) is 0 Å². The summed E-state index contributed by atoms with van der Waals surface area (Å²) >= 11 is 17.9. The van der Waals surface area contributed by atoms with Gasteiger partial charge in [-0.15, -0.1) is 0 Å². The maximum atomic E-state index is 12.0. The Bertz CT molecular complexity index is 763. The quantitative estimate of drug-likeness (QED) is 0.784. The van der Waals surface area contributed by atoms with Gasteiger partial charge in [0.15, 0.2) is 0 Å². The highest BCUT2D eigenvalue weighted by atomic mass is 35.5. The van der Waals surface area contributed by atoms with Crippen LogP contribution in [0.4, 0.5) is 5.69 Å². The second kappa shape index (κ2) is 9.09. The van der Waals surface area contributed by atoms with Crippen LogP contribution in [0.25, 0.3) is 0 Å². The first-order valence-corrected chi connectivity index (χ1v) is 8.74. The first-order valence-electron chi connectivity index (χ1n) is 7.61. The van der Waals surface area contributed by atoms with Crippen LogP contribution in [0.5, 0.6) is 0 Å². The van der Waals surface area contributed by atoms with Crippen LogP contribution in [-0.4, -0.2) is 24.9 Å². The average molecular weight is 400 g/mol. The van der Waals surface area contributed by atoms with Crippen LogP contribution in [0.15, 0.2) is 42.5 Å². The first-order chi connectivity index (χ1) is 11.9. The SMILES string of the molecule is CC(=O)N(CCNC(=O)Cc1ccc(Cl)cc1)c1cc(Cl)ccc1Cl. The number of amides is 2. The number of anilines is 1. The van der Waals surface area contributed by atoms with Gasteiger partial charge in [-0.05, 0) is 35.9 Å². The largest absolute Gasteiger partial charge is 0.354 e. The molecule has 1 N–H and O–H groups in total. The van der Waals surface area contributed by atoms with E-state index >= 15 is 0 Å². The van der Waals surface area contributed by atoms with Gasteiger partial charge in [0, 0.05) is 30.1 Å². The fraction of sp³-hybridized carbons (Fsp3) is 0.222. The molecule has 0 atom stereocenters. The molecule has 2 amide bonds. The Morgan fingerprint density at radius 2 is 1.64 bits per heavy atom. The van der Waals surface area contributed by atoms with Gasteiger partial charge in [0.25, 0.3) is 0 Å². The van der Waals surface area contributed by atoms with Gasteiger partial charge in [-0.1, -0.05) is 46.9 Å². The smallest absolute Gasteiger partial charge is 0.224 e. The molecule has 0 aliphatic carbocycles. The fourth-order valence-electron chi connectivity index (χ4n) is 2.30. The lowest BCUT2D eigenvalue weighted by molar-refractivity contribution is -0.121. The molecule has 0 unspecified atom stereocenters. The Labute approximate surface area is 161 Å². The van der Waals surface area contributed by atoms with E-state index in [2.05, 4.69) is 5.32 Å². The topological polar surface area (TPSA) is 49.4 Å². The zero-order chi connectivity index (χ0) is 18.4. The minimum Gasteiger partial charge on any atom is -0.354 e. The number of halogens is 3. The average Bonchev–Trinajstić information content (AvgIpc) is 2.56. The van der Waals surface area contributed by atoms with Crippen LogP contribution < -0.4 is 10.2 Å². The Balaban J connectivity index is 1.93. The lowest BCUT2D eigenvalue weighted by Gasteiger charge is -2.22. The lowest BCUT2D eigenvalue weighted by Crippen LogP contribution is -2.38. The molecule has 0 heterocycles. The molecular formula is C18H17Cl3N2O2. The zero-order valence-electron chi connectivity index (χ0n) is 13.6. The van der Waals surface area contributed by atoms with Crippen molar-refractivity contribution in [2.45, 2.75) is 13.3 Å². The number of nitrogens with zero attached hydrogens (tertiary/aromatic N) is 1. The first kappa shape index (κ1) is 19.6. The van der Waals surface area contributed by atoms with Crippen molar-refractivity contribution in [3.8, 4) is 0 Å². The van der Waals surface area contributed by atoms with Crippen molar-refractivity contribution < 1.29 is 9.59 Å². The highest BCUT2D eigenvalue weighted by Gasteiger charge is 2.15. The van der Waals surface area contributed by atoms with Crippen molar-refractivity contribution in [3.05, 3.63) is 63.1 Å². The monoisotopic (exact) mass is 398 g/mol. The van der Waals surface area contributed by atoms with Crippen LogP contribution in [0, 0.1) is 0 Å². The van der Waals surface area contributed by atoms with Gasteiger partial charge in [0.2, 0.25) is 11.8 Å². The van der Waals surface area contributed by atoms with Gasteiger partial charge in [0.05, 0.1) is 17.1 Å². The van der Waals surface area contributed by atoms with Crippen molar-refractivity contribution in [3.63, 3.8) is 0 Å². The maximum Gasteiger partial charge on any atom is 0.224 e. The molecule has 0 aliphatic heterocycles. The van der Waals surface area contributed by atoms with E-state index in [9.17, 15) is 9.59 Å². The predicted molar refractivity (Wildman–Crippen MR) is 103 cm³/mol. The summed E-state index contributed by atoms with van der Waals surface area (Å²) in [7, 11) is 0. The minimum atomic E-state index is -0.184. The summed E-state index contributed by atoms with van der Waals surface area (Å²) in [6, 6.07) is 12.0. The highest BCUT2D eigenvalue weighted by molar-refractivity contribution is 6.35. The number of benzene rings is 2. The third-order valence-corrected chi connectivity index (χ3v) is 4.32. The van der Waals surface area contributed by atoms with Crippen molar-refractivity contribution in [2.75, 3.05) is 18.0 Å². The van der Waals surface area contributed by atoms with E-state index in [1.807, 2.05) is 0 Å². The molecule has 7 heteroatoms. The standard InChI is InChI=1S/C18H17Cl3N2O2/c1-12(24)23(17-11-15(20)6-7-16(17)21)9-8-22-18(25)10-13-2-4-14(19)5-3-13/h2-7,11H,8-10H2,1H3,(H,22,25). The number of hydrogen-bond acceptors (Lipinski definition) is 2. The molecule has 0 spiro atoms. The third-order valence-electron chi connectivity index (χ3n) is 3.51. The molecular weight excluding hydrogens is 383 g/mol. The molecule has 2 rings (SSSR count). The van der Waals surface area contributed by atoms with Crippen molar-refractivity contribution in [2.24, 2.45) is 0 Å². The van der Waals surface area contributed by atoms with Gasteiger partial charge in [-0.2, -0.15) is 0 Å². The van der Waals surface area contributed by atoms with Crippen LogP contribution in [-0.2, 0) is 16.0 Å². The van der Waals surface area contributed by atoms with Crippen molar-refractivity contribution in [1.82, 2.24) is 5.32 Å². The maximum absolute atomic E-state index is 12.0. The summed E-state index contributed by atoms with van der Waals surface area (Å²) < 4.78 is 0. The van der Waals surface area contributed by atoms with Crippen LogP contribution in [0.3, 0.4) is 0 Å². The summed E-state index contributed by atoms with van der Waals surface area (Å²) in [4.78, 5) is 25.4. The van der Waals surface area contributed by atoms with Crippen LogP contribution in [0.2, 0.25) is 15.1 Å². The Hall–Kier alpha value is -1.75. The number of carbonyl (C=O) groups excluding carboxylic acids is 2. The van der Waals surface area contributed by atoms with Gasteiger partial charge >= 0.3 is 0 Å². The summed E-state index contributed by atoms with van der Waals surface area (Å²) in [5.74, 6) is -0.320. The molecule has 0 saturated carbocycles. The minimum absolute atomic E-state index is 0.136. The second-order valence-electron chi connectivity index (χ2n) is 5.42. The van der Waals surface area contributed by atoms with E-state index < -0.39 is 0 Å². The molecule has 4 nitrogen and oxygen atoms in total. The van der Waals surface area contributed by atoms with E-state index in [1.54, 1.807) is 42.5 Å². The molecule has 0 aromatic heterocycles. The van der Waals surface area contributed by atoms with Crippen molar-refractivity contribution in [1.29, 1.82) is 0 Å². The predicted octanol–water partition coefficient (Wildman–Crippen LogP) is 4.36. The van der Waals surface area contributed by atoms with Crippen LogP contribution in [0.1, 0.15) is 12.5 Å². The van der Waals surface area contributed by atoms with E-state index in [0.717, 1.165) is 5.56 Å². The molecule has 0 radical (unpaired) electrons. The van der Waals surface area contributed by atoms with Crippen LogP contribution >= 0.6 is 34.8 Å². The number of carbonyl (C=O) groups is 2. The molecule has 0 fully saturated rings. The Morgan fingerprint density at radius 1 is 1.00 bits per heavy atom. The summed E-state index contributed by atoms with van der Waals surface area (Å²) in [6.45, 7) is 2.03. The Morgan fingerprint density at radius 3 is 2.28 bits per heavy atom. The normalized spacial score (nSPS) is 10.4. The molecule has 2 aromatic rings. The molecule has 132 valence electrons. The summed E-state index contributed by atoms with van der Waals surface area (Å²) in [5, 5.41) is 4.32. The molecule has 0 bridgehead atoms. The lowest BCUT2D eigenvalue weighted by atomic mass is 10.1. The van der Waals surface area contributed by atoms with E-state index in [4.69, 9.17) is 34.8 Å². The van der Waals surface area contributed by atoms with E-state index in [0.29, 0.717) is 33.8 Å². The van der Waals surface area contributed by atoms with Crippen molar-refractivity contribution >= 4 is 52.3 Å². The molecule has 0 aliphatic rings. The fourth-order valence-corrected chi connectivity index (χ4v) is 2.81. The van der Waals surface area contributed by atoms with E-state index in [-0.39, 0.29) is 18.2 Å². The van der Waals surface area contributed by atoms with Gasteiger partial charge in [-0.3, -0.25) is 9.59 Å². The summed E-state index contributed by atoms with van der Waals surface area (Å²) in [6.07, 6.45) is 0.245. The number of nitrogens with one attached hydrogen (secondary N) is 1. The number of rotatable bonds is 6. The second-order valence-corrected chi connectivity index (χ2v) is 6.70. The Kier molecular flexibility index (Phi) is 7.12. The molecule has 2 aromatic carbocycles. The highest BCUT2D eigenvalue weighted by Crippen LogP contribution is 2.29. The number of hydrogen-bond donors (Lipinski definition) is 1. The molecule has 25 heavy (non-hydrogen) atoms. The van der Waals surface area contributed by atoms with Gasteiger partial charge in [-0.25, -0.2) is 0 Å².